The molecule has 0 aliphatic carbocycles. The van der Waals surface area contributed by atoms with E-state index < -0.39 is 11.6 Å². The number of aliphatic imine (C=N–C) groups is 1. The van der Waals surface area contributed by atoms with Gasteiger partial charge in [-0.1, -0.05) is 54.6 Å². The summed E-state index contributed by atoms with van der Waals surface area (Å²) in [6.07, 6.45) is 3.81. The minimum absolute atomic E-state index is 0.0790. The Labute approximate surface area is 162 Å². The van der Waals surface area contributed by atoms with Crippen molar-refractivity contribution in [1.82, 2.24) is 0 Å². The second-order valence-electron chi connectivity index (χ2n) is 6.09. The highest BCUT2D eigenvalue weighted by molar-refractivity contribution is 7.78. The van der Waals surface area contributed by atoms with Gasteiger partial charge in [-0.15, -0.1) is 6.58 Å². The second kappa shape index (κ2) is 8.63. The fourth-order valence-corrected chi connectivity index (χ4v) is 3.02. The Morgan fingerprint density at radius 3 is 1.93 bits per heavy atom. The summed E-state index contributed by atoms with van der Waals surface area (Å²) < 4.78 is 28.6. The number of aryl methyl sites for hydroxylation is 1. The lowest BCUT2D eigenvalue weighted by molar-refractivity contribution is 0.590. The van der Waals surface area contributed by atoms with Crippen LogP contribution in [0.5, 0.6) is 0 Å². The molecule has 0 amide bonds. The lowest BCUT2D eigenvalue weighted by Gasteiger charge is -2.08. The van der Waals surface area contributed by atoms with E-state index in [-0.39, 0.29) is 11.3 Å². The molecule has 0 saturated heterocycles. The van der Waals surface area contributed by atoms with Gasteiger partial charge in [0.15, 0.2) is 0 Å². The van der Waals surface area contributed by atoms with E-state index >= 15 is 0 Å². The molecule has 0 fully saturated rings. The number of benzene rings is 3. The van der Waals surface area contributed by atoms with E-state index in [1.807, 2.05) is 30.3 Å². The maximum atomic E-state index is 14.3. The van der Waals surface area contributed by atoms with Gasteiger partial charge in [0.2, 0.25) is 0 Å². The molecular weight excluding hydrogens is 360 g/mol. The first kappa shape index (κ1) is 18.8. The normalized spacial score (nSPS) is 10.3. The van der Waals surface area contributed by atoms with Crippen molar-refractivity contribution in [3.05, 3.63) is 90.5 Å². The molecule has 0 heterocycles. The number of halogens is 2. The predicted octanol–water partition coefficient (Wildman–Crippen LogP) is 7.15. The molecule has 3 aromatic carbocycles. The zero-order valence-corrected chi connectivity index (χ0v) is 15.4. The summed E-state index contributed by atoms with van der Waals surface area (Å²) in [5, 5.41) is 2.11. The topological polar surface area (TPSA) is 12.4 Å². The molecule has 0 aliphatic heterocycles. The van der Waals surface area contributed by atoms with E-state index in [2.05, 4.69) is 41.1 Å². The van der Waals surface area contributed by atoms with Crippen LogP contribution in [0, 0.1) is 11.6 Å². The molecule has 3 aromatic rings. The van der Waals surface area contributed by atoms with Crippen LogP contribution in [-0.2, 0) is 6.42 Å². The highest BCUT2D eigenvalue weighted by Crippen LogP contribution is 2.31. The molecule has 0 N–H and O–H groups in total. The highest BCUT2D eigenvalue weighted by Gasteiger charge is 2.13. The fourth-order valence-electron chi connectivity index (χ4n) is 2.91. The molecule has 3 rings (SSSR count). The lowest BCUT2D eigenvalue weighted by Crippen LogP contribution is -1.90. The van der Waals surface area contributed by atoms with Crippen molar-refractivity contribution in [1.29, 1.82) is 0 Å². The number of hydrogen-bond acceptors (Lipinski definition) is 2. The maximum Gasteiger partial charge on any atom is 0.136 e. The summed E-state index contributed by atoms with van der Waals surface area (Å²) in [5.41, 5.74) is 3.78. The molecule has 27 heavy (non-hydrogen) atoms. The van der Waals surface area contributed by atoms with Gasteiger partial charge in [0.1, 0.15) is 11.6 Å². The van der Waals surface area contributed by atoms with Crippen molar-refractivity contribution >= 4 is 23.1 Å². The van der Waals surface area contributed by atoms with E-state index in [1.54, 1.807) is 12.1 Å². The van der Waals surface area contributed by atoms with E-state index in [0.717, 1.165) is 36.1 Å². The van der Waals surface area contributed by atoms with Crippen LogP contribution in [0.2, 0.25) is 0 Å². The van der Waals surface area contributed by atoms with Crippen LogP contribution in [0.25, 0.3) is 22.3 Å². The van der Waals surface area contributed by atoms with Crippen molar-refractivity contribution in [3.63, 3.8) is 0 Å². The van der Waals surface area contributed by atoms with Crippen molar-refractivity contribution in [3.8, 4) is 22.3 Å². The average molecular weight is 377 g/mol. The number of rotatable bonds is 6. The first-order valence-corrected chi connectivity index (χ1v) is 8.91. The number of nitrogens with zero attached hydrogens (tertiary/aromatic N) is 1. The van der Waals surface area contributed by atoms with Crippen molar-refractivity contribution in [2.45, 2.75) is 12.8 Å². The fraction of sp³-hybridized carbons (Fsp3) is 0.0870. The van der Waals surface area contributed by atoms with Crippen molar-refractivity contribution < 1.29 is 8.78 Å². The molecule has 0 saturated carbocycles. The van der Waals surface area contributed by atoms with Gasteiger partial charge in [-0.3, -0.25) is 0 Å². The molecule has 4 heteroatoms. The van der Waals surface area contributed by atoms with Crippen LogP contribution < -0.4 is 0 Å². The Morgan fingerprint density at radius 2 is 1.41 bits per heavy atom. The summed E-state index contributed by atoms with van der Waals surface area (Å²) in [4.78, 5) is 3.62. The van der Waals surface area contributed by atoms with Crippen molar-refractivity contribution in [2.24, 2.45) is 4.99 Å². The smallest absolute Gasteiger partial charge is 0.136 e. The first-order valence-electron chi connectivity index (χ1n) is 8.50. The zero-order chi connectivity index (χ0) is 19.2. The van der Waals surface area contributed by atoms with Crippen molar-refractivity contribution in [2.75, 3.05) is 0 Å². The molecule has 0 atom stereocenters. The summed E-state index contributed by atoms with van der Waals surface area (Å²) in [6.45, 7) is 3.73. The maximum absolute atomic E-state index is 14.3. The van der Waals surface area contributed by atoms with Crippen LogP contribution in [0.1, 0.15) is 12.0 Å². The monoisotopic (exact) mass is 377 g/mol. The Balaban J connectivity index is 1.87. The van der Waals surface area contributed by atoms with E-state index in [4.69, 9.17) is 0 Å². The molecule has 0 unspecified atom stereocenters. The van der Waals surface area contributed by atoms with Gasteiger partial charge in [0.25, 0.3) is 0 Å². The minimum atomic E-state index is -0.682. The molecular formula is C23H17F2NS. The molecule has 1 nitrogen and oxygen atoms in total. The number of thiocarbonyl (C=S) groups is 1. The van der Waals surface area contributed by atoms with Gasteiger partial charge in [0.05, 0.1) is 16.4 Å². The summed E-state index contributed by atoms with van der Waals surface area (Å²) in [6, 6.07) is 17.7. The lowest BCUT2D eigenvalue weighted by atomic mass is 9.98. The molecule has 0 aliphatic rings. The Bertz CT molecular complexity index is 979. The molecule has 0 aromatic heterocycles. The summed E-state index contributed by atoms with van der Waals surface area (Å²) >= 11 is 4.47. The standard InChI is InChI=1S/C23H17F2NS/c1-2-3-4-16-5-7-17(8-6-16)18-9-11-19(12-10-18)23-21(24)13-20(26-15-27)14-22(23)25/h2,5-14H,1,3-4H2. The first-order chi connectivity index (χ1) is 13.1. The predicted molar refractivity (Wildman–Crippen MR) is 110 cm³/mol. The zero-order valence-electron chi connectivity index (χ0n) is 14.6. The quantitative estimate of drug-likeness (QED) is 0.252. The minimum Gasteiger partial charge on any atom is -0.206 e. The van der Waals surface area contributed by atoms with Gasteiger partial charge < -0.3 is 0 Å². The average Bonchev–Trinajstić information content (AvgIpc) is 2.67. The summed E-state index contributed by atoms with van der Waals surface area (Å²) in [7, 11) is 0. The van der Waals surface area contributed by atoms with Gasteiger partial charge in [-0.25, -0.2) is 8.78 Å². The molecule has 0 radical (unpaired) electrons. The van der Waals surface area contributed by atoms with Crippen LogP contribution in [0.15, 0.2) is 78.3 Å². The molecule has 0 bridgehead atoms. The van der Waals surface area contributed by atoms with E-state index in [0.29, 0.717) is 5.56 Å². The Morgan fingerprint density at radius 1 is 0.889 bits per heavy atom. The third kappa shape index (κ3) is 4.43. The van der Waals surface area contributed by atoms with Gasteiger partial charge in [-0.05, 0) is 47.3 Å². The number of hydrogen-bond donors (Lipinski definition) is 0. The summed E-state index contributed by atoms with van der Waals surface area (Å²) in [5.74, 6) is -1.36. The van der Waals surface area contributed by atoms with Gasteiger partial charge in [-0.2, -0.15) is 4.99 Å². The largest absolute Gasteiger partial charge is 0.206 e. The second-order valence-corrected chi connectivity index (χ2v) is 6.27. The molecule has 134 valence electrons. The third-order valence-corrected chi connectivity index (χ3v) is 4.39. The van der Waals surface area contributed by atoms with Crippen LogP contribution in [-0.4, -0.2) is 5.16 Å². The van der Waals surface area contributed by atoms with Crippen LogP contribution in [0.4, 0.5) is 14.5 Å². The van der Waals surface area contributed by atoms with E-state index in [1.165, 1.54) is 5.56 Å². The SMILES string of the molecule is C=CCCc1ccc(-c2ccc(-c3c(F)cc(N=C=S)cc3F)cc2)cc1. The Hall–Kier alpha value is -2.94. The third-order valence-electron chi connectivity index (χ3n) is 4.30. The van der Waals surface area contributed by atoms with Gasteiger partial charge >= 0.3 is 0 Å². The Kier molecular flexibility index (Phi) is 6.02. The van der Waals surface area contributed by atoms with Gasteiger partial charge in [0, 0.05) is 12.1 Å². The number of allylic oxidation sites excluding steroid dienone is 1. The van der Waals surface area contributed by atoms with Crippen LogP contribution >= 0.6 is 12.2 Å². The molecule has 0 spiro atoms. The van der Waals surface area contributed by atoms with E-state index in [9.17, 15) is 8.78 Å². The number of isothiocyanates is 1. The van der Waals surface area contributed by atoms with Crippen LogP contribution in [0.3, 0.4) is 0 Å². The highest BCUT2D eigenvalue weighted by atomic mass is 32.1.